The molecule has 0 aliphatic rings. The Morgan fingerprint density at radius 3 is 2.59 bits per heavy atom. The number of rotatable bonds is 7. The molecule has 0 saturated carbocycles. The number of methoxy groups -OCH3 is 1. The monoisotopic (exact) mass is 299 g/mol. The zero-order valence-electron chi connectivity index (χ0n) is 13.0. The lowest BCUT2D eigenvalue weighted by molar-refractivity contribution is 0.0601. The molecule has 0 amide bonds. The fourth-order valence-electron chi connectivity index (χ4n) is 2.17. The van der Waals surface area contributed by atoms with Crippen molar-refractivity contribution in [2.75, 3.05) is 25.6 Å². The van der Waals surface area contributed by atoms with Gasteiger partial charge in [0.1, 0.15) is 5.75 Å². The zero-order valence-corrected chi connectivity index (χ0v) is 13.0. The van der Waals surface area contributed by atoms with Crippen molar-refractivity contribution in [2.45, 2.75) is 13.3 Å². The molecule has 0 aliphatic heterocycles. The third-order valence-electron chi connectivity index (χ3n) is 3.31. The number of benzene rings is 2. The highest BCUT2D eigenvalue weighted by atomic mass is 16.5. The largest absolute Gasteiger partial charge is 0.494 e. The van der Waals surface area contributed by atoms with Crippen molar-refractivity contribution in [3.63, 3.8) is 0 Å². The number of nitrogens with one attached hydrogen (secondary N) is 1. The van der Waals surface area contributed by atoms with Crippen LogP contribution in [-0.2, 0) is 4.74 Å². The van der Waals surface area contributed by atoms with Gasteiger partial charge in [0.25, 0.3) is 0 Å². The van der Waals surface area contributed by atoms with Gasteiger partial charge in [-0.3, -0.25) is 0 Å². The first kappa shape index (κ1) is 15.9. The third-order valence-corrected chi connectivity index (χ3v) is 3.31. The molecule has 2 aromatic rings. The van der Waals surface area contributed by atoms with E-state index < -0.39 is 0 Å². The maximum atomic E-state index is 11.8. The zero-order chi connectivity index (χ0) is 15.8. The van der Waals surface area contributed by atoms with Crippen LogP contribution in [-0.4, -0.2) is 26.2 Å². The van der Waals surface area contributed by atoms with Crippen LogP contribution in [0.15, 0.2) is 48.5 Å². The standard InChI is InChI=1S/C18H21NO3/c1-14-8-6-11-16(18(20)21-2)17(14)19-12-7-13-22-15-9-4-3-5-10-15/h3-6,8-11,19H,7,12-13H2,1-2H3. The SMILES string of the molecule is COC(=O)c1cccc(C)c1NCCCOc1ccccc1. The van der Waals surface area contributed by atoms with Gasteiger partial charge in [0.15, 0.2) is 0 Å². The van der Waals surface area contributed by atoms with Gasteiger partial charge in [0, 0.05) is 6.54 Å². The molecule has 2 rings (SSSR count). The summed E-state index contributed by atoms with van der Waals surface area (Å²) in [6.45, 7) is 3.31. The van der Waals surface area contributed by atoms with E-state index in [0.29, 0.717) is 12.2 Å². The van der Waals surface area contributed by atoms with Crippen LogP contribution in [0.3, 0.4) is 0 Å². The Morgan fingerprint density at radius 2 is 1.86 bits per heavy atom. The maximum Gasteiger partial charge on any atom is 0.339 e. The third kappa shape index (κ3) is 4.25. The smallest absolute Gasteiger partial charge is 0.339 e. The molecular weight excluding hydrogens is 278 g/mol. The van der Waals surface area contributed by atoms with E-state index in [0.717, 1.165) is 30.0 Å². The van der Waals surface area contributed by atoms with E-state index in [2.05, 4.69) is 5.32 Å². The summed E-state index contributed by atoms with van der Waals surface area (Å²) in [6, 6.07) is 15.3. The summed E-state index contributed by atoms with van der Waals surface area (Å²) in [6.07, 6.45) is 0.837. The summed E-state index contributed by atoms with van der Waals surface area (Å²) in [5, 5.41) is 3.30. The summed E-state index contributed by atoms with van der Waals surface area (Å²) < 4.78 is 10.5. The van der Waals surface area contributed by atoms with Crippen molar-refractivity contribution in [3.8, 4) is 5.75 Å². The van der Waals surface area contributed by atoms with Crippen LogP contribution in [0.2, 0.25) is 0 Å². The highest BCUT2D eigenvalue weighted by Gasteiger charge is 2.12. The summed E-state index contributed by atoms with van der Waals surface area (Å²) in [4.78, 5) is 11.8. The Balaban J connectivity index is 1.85. The molecule has 116 valence electrons. The average molecular weight is 299 g/mol. The topological polar surface area (TPSA) is 47.6 Å². The molecule has 0 fully saturated rings. The molecule has 4 heteroatoms. The van der Waals surface area contributed by atoms with Gasteiger partial charge in [-0.15, -0.1) is 0 Å². The number of anilines is 1. The molecule has 2 aromatic carbocycles. The molecule has 0 radical (unpaired) electrons. The molecule has 1 N–H and O–H groups in total. The van der Waals surface area contributed by atoms with Crippen molar-refractivity contribution < 1.29 is 14.3 Å². The van der Waals surface area contributed by atoms with Crippen molar-refractivity contribution >= 4 is 11.7 Å². The van der Waals surface area contributed by atoms with E-state index in [4.69, 9.17) is 9.47 Å². The van der Waals surface area contributed by atoms with Gasteiger partial charge in [0.05, 0.1) is 25.0 Å². The van der Waals surface area contributed by atoms with Crippen LogP contribution in [0.1, 0.15) is 22.3 Å². The van der Waals surface area contributed by atoms with E-state index >= 15 is 0 Å². The van der Waals surface area contributed by atoms with Gasteiger partial charge in [-0.05, 0) is 37.1 Å². The molecule has 0 aliphatic carbocycles. The van der Waals surface area contributed by atoms with Crippen molar-refractivity contribution in [2.24, 2.45) is 0 Å². The second kappa shape index (κ2) is 8.08. The van der Waals surface area contributed by atoms with Crippen LogP contribution < -0.4 is 10.1 Å². The number of para-hydroxylation sites is 2. The van der Waals surface area contributed by atoms with E-state index in [1.165, 1.54) is 7.11 Å². The summed E-state index contributed by atoms with van der Waals surface area (Å²) in [7, 11) is 1.39. The number of hydrogen-bond donors (Lipinski definition) is 1. The second-order valence-corrected chi connectivity index (χ2v) is 4.93. The van der Waals surface area contributed by atoms with Crippen molar-refractivity contribution in [3.05, 3.63) is 59.7 Å². The molecule has 0 aromatic heterocycles. The average Bonchev–Trinajstić information content (AvgIpc) is 2.56. The first-order chi connectivity index (χ1) is 10.7. The van der Waals surface area contributed by atoms with Gasteiger partial charge in [-0.2, -0.15) is 0 Å². The lowest BCUT2D eigenvalue weighted by Crippen LogP contribution is -2.12. The van der Waals surface area contributed by atoms with Gasteiger partial charge in [-0.1, -0.05) is 30.3 Å². The first-order valence-electron chi connectivity index (χ1n) is 7.32. The normalized spacial score (nSPS) is 10.1. The van der Waals surface area contributed by atoms with Gasteiger partial charge < -0.3 is 14.8 Å². The molecule has 4 nitrogen and oxygen atoms in total. The number of carbonyl (C=O) groups excluding carboxylic acids is 1. The van der Waals surface area contributed by atoms with E-state index in [1.807, 2.05) is 49.4 Å². The van der Waals surface area contributed by atoms with Crippen LogP contribution in [0, 0.1) is 6.92 Å². The number of esters is 1. The predicted octanol–water partition coefficient (Wildman–Crippen LogP) is 3.66. The number of hydrogen-bond acceptors (Lipinski definition) is 4. The first-order valence-corrected chi connectivity index (χ1v) is 7.32. The molecule has 0 spiro atoms. The Labute approximate surface area is 131 Å². The lowest BCUT2D eigenvalue weighted by atomic mass is 10.1. The minimum atomic E-state index is -0.327. The van der Waals surface area contributed by atoms with E-state index in [1.54, 1.807) is 6.07 Å². The van der Waals surface area contributed by atoms with E-state index in [-0.39, 0.29) is 5.97 Å². The molecular formula is C18H21NO3. The fourth-order valence-corrected chi connectivity index (χ4v) is 2.17. The molecule has 0 unspecified atom stereocenters. The van der Waals surface area contributed by atoms with Crippen LogP contribution in [0.5, 0.6) is 5.75 Å². The fraction of sp³-hybridized carbons (Fsp3) is 0.278. The number of ether oxygens (including phenoxy) is 2. The van der Waals surface area contributed by atoms with Crippen LogP contribution >= 0.6 is 0 Å². The summed E-state index contributed by atoms with van der Waals surface area (Å²) >= 11 is 0. The van der Waals surface area contributed by atoms with Crippen molar-refractivity contribution in [1.29, 1.82) is 0 Å². The predicted molar refractivity (Wildman–Crippen MR) is 87.6 cm³/mol. The van der Waals surface area contributed by atoms with Gasteiger partial charge in [0.2, 0.25) is 0 Å². The molecule has 0 heterocycles. The van der Waals surface area contributed by atoms with Crippen LogP contribution in [0.4, 0.5) is 5.69 Å². The second-order valence-electron chi connectivity index (χ2n) is 4.93. The molecule has 0 saturated heterocycles. The minimum absolute atomic E-state index is 0.327. The molecule has 0 bridgehead atoms. The quantitative estimate of drug-likeness (QED) is 0.626. The van der Waals surface area contributed by atoms with Crippen LogP contribution in [0.25, 0.3) is 0 Å². The Hall–Kier alpha value is -2.49. The Morgan fingerprint density at radius 1 is 1.09 bits per heavy atom. The van der Waals surface area contributed by atoms with E-state index in [9.17, 15) is 4.79 Å². The van der Waals surface area contributed by atoms with Gasteiger partial charge in [-0.25, -0.2) is 4.79 Å². The highest BCUT2D eigenvalue weighted by molar-refractivity contribution is 5.96. The summed E-state index contributed by atoms with van der Waals surface area (Å²) in [5.74, 6) is 0.542. The Kier molecular flexibility index (Phi) is 5.83. The molecule has 22 heavy (non-hydrogen) atoms. The number of carbonyl (C=O) groups is 1. The number of aryl methyl sites for hydroxylation is 1. The highest BCUT2D eigenvalue weighted by Crippen LogP contribution is 2.21. The maximum absolute atomic E-state index is 11.8. The lowest BCUT2D eigenvalue weighted by Gasteiger charge is -2.13. The molecule has 0 atom stereocenters. The Bertz CT molecular complexity index is 611. The summed E-state index contributed by atoms with van der Waals surface area (Å²) in [5.41, 5.74) is 2.41. The van der Waals surface area contributed by atoms with Crippen molar-refractivity contribution in [1.82, 2.24) is 0 Å². The van der Waals surface area contributed by atoms with Gasteiger partial charge >= 0.3 is 5.97 Å². The minimum Gasteiger partial charge on any atom is -0.494 e.